The highest BCUT2D eigenvalue weighted by atomic mass is 79.9. The maximum Gasteiger partial charge on any atom is 0.0466 e. The highest BCUT2D eigenvalue weighted by Gasteiger charge is 2.19. The van der Waals surface area contributed by atoms with E-state index in [1.54, 1.807) is 0 Å². The minimum atomic E-state index is 0.796. The third-order valence-electron chi connectivity index (χ3n) is 5.35. The highest BCUT2D eigenvalue weighted by molar-refractivity contribution is 9.09. The Bertz CT molecular complexity index is 230. The summed E-state index contributed by atoms with van der Waals surface area (Å²) < 4.78 is 5.84. The van der Waals surface area contributed by atoms with Crippen LogP contribution in [0.15, 0.2) is 0 Å². The summed E-state index contributed by atoms with van der Waals surface area (Å²) >= 11 is 7.47. The maximum absolute atomic E-state index is 5.84. The van der Waals surface area contributed by atoms with Crippen LogP contribution in [0.5, 0.6) is 0 Å². The van der Waals surface area contributed by atoms with Gasteiger partial charge < -0.3 is 4.74 Å². The fourth-order valence-corrected chi connectivity index (χ4v) is 4.93. The van der Waals surface area contributed by atoms with Gasteiger partial charge in [-0.3, -0.25) is 0 Å². The lowest BCUT2D eigenvalue weighted by atomic mass is 9.86. The average Bonchev–Trinajstić information content (AvgIpc) is 2.50. The monoisotopic (exact) mass is 422 g/mol. The molecule has 1 nitrogen and oxygen atoms in total. The summed E-state index contributed by atoms with van der Waals surface area (Å²) in [5, 5.41) is 0. The van der Waals surface area contributed by atoms with Crippen LogP contribution in [0.2, 0.25) is 0 Å². The van der Waals surface area contributed by atoms with E-state index in [1.807, 2.05) is 0 Å². The second-order valence-corrected chi connectivity index (χ2v) is 9.72. The molecule has 0 heterocycles. The van der Waals surface area contributed by atoms with Crippen LogP contribution in [0.1, 0.15) is 77.0 Å². The van der Waals surface area contributed by atoms with E-state index in [0.29, 0.717) is 0 Å². The van der Waals surface area contributed by atoms with Gasteiger partial charge in [0.2, 0.25) is 0 Å². The van der Waals surface area contributed by atoms with E-state index in [4.69, 9.17) is 4.74 Å². The van der Waals surface area contributed by atoms with Crippen molar-refractivity contribution in [1.29, 1.82) is 0 Å². The summed E-state index contributed by atoms with van der Waals surface area (Å²) in [6.45, 7) is 1.98. The smallest absolute Gasteiger partial charge is 0.0466 e. The molecule has 0 bridgehead atoms. The number of alkyl halides is 2. The molecule has 0 spiro atoms. The predicted octanol–water partition coefficient (Wildman–Crippen LogP) is 6.47. The summed E-state index contributed by atoms with van der Waals surface area (Å²) in [4.78, 5) is 1.59. The van der Waals surface area contributed by atoms with Gasteiger partial charge in [-0.05, 0) is 88.9 Å². The molecule has 0 N–H and O–H groups in total. The summed E-state index contributed by atoms with van der Waals surface area (Å²) in [6.07, 6.45) is 16.5. The maximum atomic E-state index is 5.84. The van der Waals surface area contributed by atoms with E-state index in [1.165, 1.54) is 77.0 Å². The Balaban J connectivity index is 1.37. The van der Waals surface area contributed by atoms with Gasteiger partial charge in [-0.25, -0.2) is 0 Å². The van der Waals surface area contributed by atoms with Gasteiger partial charge in [-0.15, -0.1) is 0 Å². The van der Waals surface area contributed by atoms with Crippen LogP contribution in [-0.2, 0) is 4.74 Å². The number of halogens is 2. The molecule has 2 rings (SSSR count). The molecule has 0 aromatic carbocycles. The van der Waals surface area contributed by atoms with Crippen molar-refractivity contribution in [3.8, 4) is 0 Å². The van der Waals surface area contributed by atoms with Gasteiger partial charge in [-0.1, -0.05) is 31.9 Å². The van der Waals surface area contributed by atoms with Crippen molar-refractivity contribution in [3.05, 3.63) is 0 Å². The molecule has 2 saturated carbocycles. The standard InChI is InChI=1S/C18H32Br2O/c19-17-9-5-15(6-10-17)3-1-13-21-14-2-4-16-7-11-18(20)12-8-16/h15-18H,1-14H2. The Hall–Kier alpha value is 0.920. The van der Waals surface area contributed by atoms with E-state index >= 15 is 0 Å². The van der Waals surface area contributed by atoms with Gasteiger partial charge in [-0.2, -0.15) is 0 Å². The van der Waals surface area contributed by atoms with Gasteiger partial charge in [0.25, 0.3) is 0 Å². The first-order valence-electron chi connectivity index (χ1n) is 9.10. The van der Waals surface area contributed by atoms with Crippen molar-refractivity contribution >= 4 is 31.9 Å². The fraction of sp³-hybridized carbons (Fsp3) is 1.00. The van der Waals surface area contributed by atoms with Crippen LogP contribution >= 0.6 is 31.9 Å². The molecule has 0 amide bonds. The molecule has 0 aromatic heterocycles. The summed E-state index contributed by atoms with van der Waals surface area (Å²) in [5.74, 6) is 1.95. The molecule has 2 aliphatic rings. The SMILES string of the molecule is BrC1CCC(CCCOCCCC2CCC(Br)CC2)CC1. The molecule has 0 atom stereocenters. The van der Waals surface area contributed by atoms with Crippen LogP contribution in [0.25, 0.3) is 0 Å². The molecular weight excluding hydrogens is 392 g/mol. The van der Waals surface area contributed by atoms with Crippen LogP contribution in [0, 0.1) is 11.8 Å². The van der Waals surface area contributed by atoms with Gasteiger partial charge in [0, 0.05) is 22.9 Å². The quantitative estimate of drug-likeness (QED) is 0.321. The van der Waals surface area contributed by atoms with Crippen molar-refractivity contribution in [2.75, 3.05) is 13.2 Å². The average molecular weight is 424 g/mol. The summed E-state index contributed by atoms with van der Waals surface area (Å²) in [5.41, 5.74) is 0. The topological polar surface area (TPSA) is 9.23 Å². The largest absolute Gasteiger partial charge is 0.381 e. The molecule has 124 valence electrons. The number of hydrogen-bond acceptors (Lipinski definition) is 1. The Morgan fingerprint density at radius 3 is 1.38 bits per heavy atom. The molecule has 3 heteroatoms. The van der Waals surface area contributed by atoms with Gasteiger partial charge in [0.1, 0.15) is 0 Å². The second kappa shape index (κ2) is 10.6. The van der Waals surface area contributed by atoms with Crippen LogP contribution in [-0.4, -0.2) is 22.9 Å². The lowest BCUT2D eigenvalue weighted by Crippen LogP contribution is -2.15. The Morgan fingerprint density at radius 1 is 0.619 bits per heavy atom. The number of rotatable bonds is 8. The summed E-state index contributed by atoms with van der Waals surface area (Å²) in [7, 11) is 0. The van der Waals surface area contributed by atoms with Gasteiger partial charge in [0.15, 0.2) is 0 Å². The molecule has 2 aliphatic carbocycles. The summed E-state index contributed by atoms with van der Waals surface area (Å²) in [6, 6.07) is 0. The van der Waals surface area contributed by atoms with Crippen molar-refractivity contribution in [2.24, 2.45) is 11.8 Å². The molecule has 2 fully saturated rings. The highest BCUT2D eigenvalue weighted by Crippen LogP contribution is 2.32. The van der Waals surface area contributed by atoms with Gasteiger partial charge in [0.05, 0.1) is 0 Å². The minimum Gasteiger partial charge on any atom is -0.381 e. The zero-order chi connectivity index (χ0) is 14.9. The van der Waals surface area contributed by atoms with E-state index in [0.717, 1.165) is 34.7 Å². The molecule has 0 radical (unpaired) electrons. The van der Waals surface area contributed by atoms with E-state index in [-0.39, 0.29) is 0 Å². The lowest BCUT2D eigenvalue weighted by Gasteiger charge is -2.25. The predicted molar refractivity (Wildman–Crippen MR) is 98.6 cm³/mol. The zero-order valence-electron chi connectivity index (χ0n) is 13.4. The molecule has 0 unspecified atom stereocenters. The third-order valence-corrected chi connectivity index (χ3v) is 7.19. The van der Waals surface area contributed by atoms with Crippen molar-refractivity contribution < 1.29 is 4.74 Å². The number of hydrogen-bond donors (Lipinski definition) is 0. The van der Waals surface area contributed by atoms with Crippen molar-refractivity contribution in [1.82, 2.24) is 0 Å². The normalized spacial score (nSPS) is 34.0. The van der Waals surface area contributed by atoms with E-state index < -0.39 is 0 Å². The van der Waals surface area contributed by atoms with Crippen LogP contribution in [0.3, 0.4) is 0 Å². The third kappa shape index (κ3) is 7.83. The fourth-order valence-electron chi connectivity index (χ4n) is 3.87. The number of ether oxygens (including phenoxy) is 1. The van der Waals surface area contributed by atoms with Crippen molar-refractivity contribution in [2.45, 2.75) is 86.7 Å². The molecule has 21 heavy (non-hydrogen) atoms. The second-order valence-electron chi connectivity index (χ2n) is 7.13. The zero-order valence-corrected chi connectivity index (χ0v) is 16.5. The molecule has 0 aliphatic heterocycles. The molecule has 0 saturated heterocycles. The Kier molecular flexibility index (Phi) is 9.26. The van der Waals surface area contributed by atoms with Crippen LogP contribution in [0.4, 0.5) is 0 Å². The molecular formula is C18H32Br2O. The first-order chi connectivity index (χ1) is 10.2. The van der Waals surface area contributed by atoms with Crippen LogP contribution < -0.4 is 0 Å². The lowest BCUT2D eigenvalue weighted by molar-refractivity contribution is 0.116. The van der Waals surface area contributed by atoms with Gasteiger partial charge >= 0.3 is 0 Å². The van der Waals surface area contributed by atoms with E-state index in [9.17, 15) is 0 Å². The Morgan fingerprint density at radius 2 is 1.00 bits per heavy atom. The molecule has 0 aromatic rings. The Labute approximate surface area is 148 Å². The van der Waals surface area contributed by atoms with E-state index in [2.05, 4.69) is 31.9 Å². The minimum absolute atomic E-state index is 0.796. The van der Waals surface area contributed by atoms with Crippen molar-refractivity contribution in [3.63, 3.8) is 0 Å². The first kappa shape index (κ1) is 18.3. The first-order valence-corrected chi connectivity index (χ1v) is 10.9.